The van der Waals surface area contributed by atoms with Crippen LogP contribution in [0.2, 0.25) is 0 Å². The SMILES string of the molecule is COC(=O)[C@@H]1C(=S)CCN1C(=O)[C@@H]1CCCN1C(=O)CN1CCCC1=O. The molecule has 0 saturated carbocycles. The molecule has 0 aliphatic carbocycles. The van der Waals surface area contributed by atoms with E-state index in [1.54, 1.807) is 9.80 Å². The lowest BCUT2D eigenvalue weighted by Gasteiger charge is -2.31. The van der Waals surface area contributed by atoms with E-state index in [1.165, 1.54) is 12.0 Å². The maximum absolute atomic E-state index is 13.0. The first-order valence-electron chi connectivity index (χ1n) is 8.92. The van der Waals surface area contributed by atoms with Gasteiger partial charge in [-0.1, -0.05) is 12.2 Å². The second-order valence-corrected chi connectivity index (χ2v) is 7.36. The van der Waals surface area contributed by atoms with Crippen LogP contribution in [0.25, 0.3) is 0 Å². The Labute approximate surface area is 157 Å². The van der Waals surface area contributed by atoms with Gasteiger partial charge >= 0.3 is 5.97 Å². The van der Waals surface area contributed by atoms with E-state index in [0.29, 0.717) is 43.8 Å². The average Bonchev–Trinajstić information content (AvgIpc) is 3.34. The van der Waals surface area contributed by atoms with Gasteiger partial charge in [0.25, 0.3) is 0 Å². The van der Waals surface area contributed by atoms with Crippen LogP contribution in [0.5, 0.6) is 0 Å². The van der Waals surface area contributed by atoms with Crippen molar-refractivity contribution < 1.29 is 23.9 Å². The highest BCUT2D eigenvalue weighted by Gasteiger charge is 2.44. The van der Waals surface area contributed by atoms with Crippen molar-refractivity contribution in [1.82, 2.24) is 14.7 Å². The van der Waals surface area contributed by atoms with Gasteiger partial charge < -0.3 is 19.4 Å². The molecule has 0 unspecified atom stereocenters. The number of likely N-dealkylation sites (tertiary alicyclic amines) is 3. The van der Waals surface area contributed by atoms with Crippen LogP contribution in [-0.2, 0) is 23.9 Å². The molecule has 0 N–H and O–H groups in total. The molecule has 26 heavy (non-hydrogen) atoms. The molecule has 0 radical (unpaired) electrons. The van der Waals surface area contributed by atoms with Crippen LogP contribution in [0.1, 0.15) is 32.1 Å². The van der Waals surface area contributed by atoms with Crippen LogP contribution in [0.15, 0.2) is 0 Å². The summed E-state index contributed by atoms with van der Waals surface area (Å²) in [5.74, 6) is -1.04. The molecule has 9 heteroatoms. The summed E-state index contributed by atoms with van der Waals surface area (Å²) in [6, 6.07) is -1.45. The van der Waals surface area contributed by atoms with Gasteiger partial charge in [0.2, 0.25) is 17.7 Å². The zero-order valence-corrected chi connectivity index (χ0v) is 15.6. The number of thiocarbonyl (C=S) groups is 1. The summed E-state index contributed by atoms with van der Waals surface area (Å²) in [5.41, 5.74) is 0. The fourth-order valence-corrected chi connectivity index (χ4v) is 4.23. The van der Waals surface area contributed by atoms with E-state index in [0.717, 1.165) is 12.8 Å². The maximum Gasteiger partial charge on any atom is 0.333 e. The smallest absolute Gasteiger partial charge is 0.333 e. The molecule has 3 saturated heterocycles. The molecule has 0 spiro atoms. The van der Waals surface area contributed by atoms with Gasteiger partial charge in [0.15, 0.2) is 6.04 Å². The van der Waals surface area contributed by atoms with Gasteiger partial charge in [-0.05, 0) is 25.7 Å². The van der Waals surface area contributed by atoms with Gasteiger partial charge in [-0.3, -0.25) is 14.4 Å². The lowest BCUT2D eigenvalue weighted by atomic mass is 10.1. The first-order chi connectivity index (χ1) is 12.4. The number of carbonyl (C=O) groups excluding carboxylic acids is 4. The molecule has 3 aliphatic heterocycles. The molecule has 3 amide bonds. The number of nitrogens with zero attached hydrogens (tertiary/aromatic N) is 3. The molecular formula is C17H23N3O5S. The lowest BCUT2D eigenvalue weighted by molar-refractivity contribution is -0.152. The van der Waals surface area contributed by atoms with Crippen LogP contribution in [0.3, 0.4) is 0 Å². The van der Waals surface area contributed by atoms with Gasteiger partial charge in [0.1, 0.15) is 6.04 Å². The average molecular weight is 381 g/mol. The first-order valence-corrected chi connectivity index (χ1v) is 9.33. The van der Waals surface area contributed by atoms with Crippen LogP contribution < -0.4 is 0 Å². The van der Waals surface area contributed by atoms with Crippen molar-refractivity contribution >= 4 is 40.8 Å². The van der Waals surface area contributed by atoms with E-state index in [-0.39, 0.29) is 24.3 Å². The summed E-state index contributed by atoms with van der Waals surface area (Å²) in [5, 5.41) is 0. The Morgan fingerprint density at radius 1 is 1.12 bits per heavy atom. The molecule has 0 aromatic rings. The van der Waals surface area contributed by atoms with Crippen molar-refractivity contribution in [3.63, 3.8) is 0 Å². The highest BCUT2D eigenvalue weighted by atomic mass is 32.1. The Hall–Kier alpha value is -2.03. The minimum absolute atomic E-state index is 0.0153. The number of hydrogen-bond acceptors (Lipinski definition) is 6. The second kappa shape index (κ2) is 7.69. The summed E-state index contributed by atoms with van der Waals surface area (Å²) in [7, 11) is 1.27. The van der Waals surface area contributed by atoms with Crippen LogP contribution in [-0.4, -0.2) is 88.6 Å². The Kier molecular flexibility index (Phi) is 5.55. The largest absolute Gasteiger partial charge is 0.467 e. The van der Waals surface area contributed by atoms with Crippen LogP contribution >= 0.6 is 12.2 Å². The summed E-state index contributed by atoms with van der Waals surface area (Å²) in [6.07, 6.45) is 2.99. The topological polar surface area (TPSA) is 87.2 Å². The number of amides is 3. The number of ether oxygens (including phenoxy) is 1. The van der Waals surface area contributed by atoms with Gasteiger partial charge in [-0.25, -0.2) is 4.79 Å². The van der Waals surface area contributed by atoms with Gasteiger partial charge in [-0.15, -0.1) is 0 Å². The second-order valence-electron chi connectivity index (χ2n) is 6.84. The number of esters is 1. The van der Waals surface area contributed by atoms with Crippen molar-refractivity contribution in [1.29, 1.82) is 0 Å². The molecule has 3 rings (SSSR count). The Morgan fingerprint density at radius 2 is 1.88 bits per heavy atom. The van der Waals surface area contributed by atoms with Crippen molar-refractivity contribution in [3.8, 4) is 0 Å². The van der Waals surface area contributed by atoms with E-state index < -0.39 is 18.1 Å². The molecule has 3 aliphatic rings. The zero-order valence-electron chi connectivity index (χ0n) is 14.8. The highest BCUT2D eigenvalue weighted by Crippen LogP contribution is 2.25. The molecule has 3 fully saturated rings. The molecule has 0 bridgehead atoms. The van der Waals surface area contributed by atoms with Crippen molar-refractivity contribution in [2.45, 2.75) is 44.2 Å². The molecule has 3 heterocycles. The van der Waals surface area contributed by atoms with Crippen molar-refractivity contribution in [2.75, 3.05) is 33.3 Å². The summed E-state index contributed by atoms with van der Waals surface area (Å²) < 4.78 is 4.78. The summed E-state index contributed by atoms with van der Waals surface area (Å²) in [6.45, 7) is 1.45. The number of rotatable bonds is 4. The highest BCUT2D eigenvalue weighted by molar-refractivity contribution is 7.80. The number of methoxy groups -OCH3 is 1. The number of hydrogen-bond donors (Lipinski definition) is 0. The van der Waals surface area contributed by atoms with E-state index in [4.69, 9.17) is 17.0 Å². The molecule has 0 aromatic heterocycles. The van der Waals surface area contributed by atoms with E-state index in [2.05, 4.69) is 0 Å². The number of carbonyl (C=O) groups is 4. The van der Waals surface area contributed by atoms with Crippen LogP contribution in [0, 0.1) is 0 Å². The quantitative estimate of drug-likeness (QED) is 0.493. The first kappa shape index (κ1) is 18.8. The lowest BCUT2D eigenvalue weighted by Crippen LogP contribution is -2.53. The Morgan fingerprint density at radius 3 is 2.54 bits per heavy atom. The standard InChI is InChI=1S/C17H23N3O5S/c1-25-17(24)15-12(26)6-9-20(15)16(23)11-4-2-8-19(11)14(22)10-18-7-3-5-13(18)21/h11,15H,2-10H2,1H3/t11-,15-/m0/s1. The molecule has 8 nitrogen and oxygen atoms in total. The summed E-state index contributed by atoms with van der Waals surface area (Å²) in [4.78, 5) is 54.5. The monoisotopic (exact) mass is 381 g/mol. The van der Waals surface area contributed by atoms with E-state index >= 15 is 0 Å². The fraction of sp³-hybridized carbons (Fsp3) is 0.706. The zero-order chi connectivity index (χ0) is 18.8. The third-order valence-electron chi connectivity index (χ3n) is 5.28. The maximum atomic E-state index is 13.0. The van der Waals surface area contributed by atoms with Crippen molar-refractivity contribution in [2.24, 2.45) is 0 Å². The predicted molar refractivity (Wildman–Crippen MR) is 95.3 cm³/mol. The molecule has 2 atom stereocenters. The minimum atomic E-state index is -0.847. The van der Waals surface area contributed by atoms with Gasteiger partial charge in [0.05, 0.1) is 13.7 Å². The molecule has 0 aromatic carbocycles. The van der Waals surface area contributed by atoms with Gasteiger partial charge in [-0.2, -0.15) is 0 Å². The van der Waals surface area contributed by atoms with Crippen molar-refractivity contribution in [3.05, 3.63) is 0 Å². The predicted octanol–water partition coefficient (Wildman–Crippen LogP) is -0.256. The van der Waals surface area contributed by atoms with E-state index in [1.807, 2.05) is 0 Å². The van der Waals surface area contributed by atoms with Crippen LogP contribution in [0.4, 0.5) is 0 Å². The molecule has 142 valence electrons. The Bertz CT molecular complexity index is 652. The molecular weight excluding hydrogens is 358 g/mol. The Balaban J connectivity index is 1.69. The minimum Gasteiger partial charge on any atom is -0.467 e. The summed E-state index contributed by atoms with van der Waals surface area (Å²) >= 11 is 5.22. The normalized spacial score (nSPS) is 26.0. The third kappa shape index (κ3) is 3.44. The third-order valence-corrected chi connectivity index (χ3v) is 5.71. The van der Waals surface area contributed by atoms with Gasteiger partial charge in [0, 0.05) is 30.9 Å². The fourth-order valence-electron chi connectivity index (χ4n) is 3.92. The van der Waals surface area contributed by atoms with E-state index in [9.17, 15) is 19.2 Å².